The van der Waals surface area contributed by atoms with E-state index in [1.54, 1.807) is 6.08 Å². The first-order chi connectivity index (χ1) is 8.18. The Bertz CT molecular complexity index is 553. The summed E-state index contributed by atoms with van der Waals surface area (Å²) in [5, 5.41) is 0. The average Bonchev–Trinajstić information content (AvgIpc) is 2.55. The van der Waals surface area contributed by atoms with Crippen LogP contribution in [0.25, 0.3) is 5.57 Å². The number of hydrogen-bond donors (Lipinski definition) is 1. The van der Waals surface area contributed by atoms with Crippen molar-refractivity contribution in [1.29, 1.82) is 0 Å². The lowest BCUT2D eigenvalue weighted by atomic mass is 10.1. The van der Waals surface area contributed by atoms with Gasteiger partial charge in [0.05, 0.1) is 4.91 Å². The molecule has 1 aliphatic carbocycles. The highest BCUT2D eigenvalue weighted by molar-refractivity contribution is 7.77. The molecule has 1 heterocycles. The molecule has 0 aromatic carbocycles. The first-order valence-electron chi connectivity index (χ1n) is 5.34. The van der Waals surface area contributed by atoms with Gasteiger partial charge in [0, 0.05) is 6.20 Å². The molecule has 1 aliphatic rings. The van der Waals surface area contributed by atoms with Crippen LogP contribution < -0.4 is 0 Å². The van der Waals surface area contributed by atoms with Gasteiger partial charge in [0.2, 0.25) is 0 Å². The van der Waals surface area contributed by atoms with E-state index < -0.39 is 16.5 Å². The van der Waals surface area contributed by atoms with E-state index in [0.29, 0.717) is 18.4 Å². The molecule has 2 rings (SSSR count). The Morgan fingerprint density at radius 1 is 1.35 bits per heavy atom. The molecule has 0 atom stereocenters. The van der Waals surface area contributed by atoms with Crippen molar-refractivity contribution in [1.82, 2.24) is 4.98 Å². The first-order valence-corrected chi connectivity index (χ1v) is 6.52. The third kappa shape index (κ3) is 2.79. The fraction of sp³-hybridized carbons (Fsp3) is 0.250. The molecule has 0 bridgehead atoms. The highest BCUT2D eigenvalue weighted by atomic mass is 32.2. The van der Waals surface area contributed by atoms with Crippen LogP contribution in [0.5, 0.6) is 0 Å². The van der Waals surface area contributed by atoms with E-state index in [4.69, 9.17) is 0 Å². The van der Waals surface area contributed by atoms with Crippen LogP contribution >= 0.6 is 0 Å². The summed E-state index contributed by atoms with van der Waals surface area (Å²) in [6, 6.07) is 2.84. The molecular weight excluding hydrogens is 241 g/mol. The Balaban J connectivity index is 2.45. The fourth-order valence-electron chi connectivity index (χ4n) is 1.79. The number of aromatic nitrogens is 1. The number of hydrogen-bond acceptors (Lipinski definition) is 3. The van der Waals surface area contributed by atoms with Crippen LogP contribution in [-0.2, 0) is 10.7 Å². The average molecular weight is 253 g/mol. The molecule has 17 heavy (non-hydrogen) atoms. The van der Waals surface area contributed by atoms with Gasteiger partial charge in [0.1, 0.15) is 11.5 Å². The van der Waals surface area contributed by atoms with Crippen LogP contribution in [0.4, 0.5) is 4.39 Å². The SMILES string of the molecule is O=[SH](=O)C1=CCCCC(c2ncccc2F)=C1. The summed E-state index contributed by atoms with van der Waals surface area (Å²) in [5.74, 6) is -0.416. The molecule has 5 heteroatoms. The number of pyridine rings is 1. The van der Waals surface area contributed by atoms with Gasteiger partial charge in [-0.15, -0.1) is 0 Å². The summed E-state index contributed by atoms with van der Waals surface area (Å²) in [6.45, 7) is 0. The normalized spacial score (nSPS) is 16.4. The van der Waals surface area contributed by atoms with Gasteiger partial charge in [0.15, 0.2) is 10.7 Å². The third-order valence-electron chi connectivity index (χ3n) is 2.60. The smallest absolute Gasteiger partial charge is 0.167 e. The molecule has 90 valence electrons. The second-order valence-corrected chi connectivity index (χ2v) is 4.81. The van der Waals surface area contributed by atoms with E-state index in [0.717, 1.165) is 6.42 Å². The molecule has 3 nitrogen and oxygen atoms in total. The zero-order chi connectivity index (χ0) is 12.3. The predicted molar refractivity (Wildman–Crippen MR) is 64.4 cm³/mol. The molecule has 0 fully saturated rings. The Morgan fingerprint density at radius 3 is 2.88 bits per heavy atom. The molecule has 1 aromatic heterocycles. The lowest BCUT2D eigenvalue weighted by Crippen LogP contribution is -1.94. The number of nitrogens with zero attached hydrogens (tertiary/aromatic N) is 1. The second-order valence-electron chi connectivity index (χ2n) is 3.78. The van der Waals surface area contributed by atoms with Crippen molar-refractivity contribution in [3.63, 3.8) is 0 Å². The molecule has 0 saturated heterocycles. The van der Waals surface area contributed by atoms with Gasteiger partial charge in [-0.2, -0.15) is 0 Å². The van der Waals surface area contributed by atoms with Crippen molar-refractivity contribution in [3.05, 3.63) is 46.9 Å². The molecule has 1 aromatic rings. The lowest BCUT2D eigenvalue weighted by Gasteiger charge is -2.05. The topological polar surface area (TPSA) is 47.0 Å². The highest BCUT2D eigenvalue weighted by Gasteiger charge is 2.12. The van der Waals surface area contributed by atoms with Gasteiger partial charge in [0.25, 0.3) is 0 Å². The van der Waals surface area contributed by atoms with Gasteiger partial charge in [-0.05, 0) is 43.0 Å². The molecular formula is C12H12FNO2S. The zero-order valence-corrected chi connectivity index (χ0v) is 9.99. The Morgan fingerprint density at radius 2 is 2.18 bits per heavy atom. The summed E-state index contributed by atoms with van der Waals surface area (Å²) in [6.07, 6.45) is 6.81. The van der Waals surface area contributed by atoms with Crippen molar-refractivity contribution in [2.75, 3.05) is 0 Å². The fourth-order valence-corrected chi connectivity index (χ4v) is 2.33. The van der Waals surface area contributed by atoms with Crippen LogP contribution in [0.2, 0.25) is 0 Å². The number of thiol groups is 1. The summed E-state index contributed by atoms with van der Waals surface area (Å²) in [4.78, 5) is 4.22. The second kappa shape index (κ2) is 5.23. The zero-order valence-electron chi connectivity index (χ0n) is 9.10. The van der Waals surface area contributed by atoms with Gasteiger partial charge >= 0.3 is 0 Å². The van der Waals surface area contributed by atoms with Crippen LogP contribution in [-0.4, -0.2) is 13.4 Å². The van der Waals surface area contributed by atoms with Gasteiger partial charge < -0.3 is 0 Å². The number of halogens is 1. The van der Waals surface area contributed by atoms with E-state index in [1.165, 1.54) is 24.4 Å². The monoisotopic (exact) mass is 253 g/mol. The minimum absolute atomic E-state index is 0.247. The predicted octanol–water partition coefficient (Wildman–Crippen LogP) is 2.28. The van der Waals surface area contributed by atoms with Crippen molar-refractivity contribution in [2.24, 2.45) is 0 Å². The maximum Gasteiger partial charge on any atom is 0.167 e. The summed E-state index contributed by atoms with van der Waals surface area (Å²) >= 11 is 0. The molecule has 0 unspecified atom stereocenters. The van der Waals surface area contributed by atoms with Gasteiger partial charge in [-0.1, -0.05) is 6.08 Å². The van der Waals surface area contributed by atoms with E-state index in [1.807, 2.05) is 0 Å². The lowest BCUT2D eigenvalue weighted by molar-refractivity contribution is 0.614. The Labute approximate surface area is 101 Å². The van der Waals surface area contributed by atoms with Crippen molar-refractivity contribution >= 4 is 16.3 Å². The maximum atomic E-state index is 13.6. The Hall–Kier alpha value is -1.49. The Kier molecular flexibility index (Phi) is 3.68. The van der Waals surface area contributed by atoms with Crippen LogP contribution in [0.1, 0.15) is 25.0 Å². The minimum Gasteiger partial charge on any atom is -0.254 e. The molecule has 0 saturated carbocycles. The first kappa shape index (κ1) is 12.0. The highest BCUT2D eigenvalue weighted by Crippen LogP contribution is 2.26. The molecule has 0 aliphatic heterocycles. The summed E-state index contributed by atoms with van der Waals surface area (Å²) in [7, 11) is -2.63. The third-order valence-corrected chi connectivity index (χ3v) is 3.33. The quantitative estimate of drug-likeness (QED) is 0.822. The largest absolute Gasteiger partial charge is 0.254 e. The molecule has 0 N–H and O–H groups in total. The number of allylic oxidation sites excluding steroid dienone is 3. The van der Waals surface area contributed by atoms with E-state index in [9.17, 15) is 12.8 Å². The van der Waals surface area contributed by atoms with Crippen LogP contribution in [0.3, 0.4) is 0 Å². The van der Waals surface area contributed by atoms with Crippen LogP contribution in [0.15, 0.2) is 35.4 Å². The molecule has 0 radical (unpaired) electrons. The van der Waals surface area contributed by atoms with Crippen molar-refractivity contribution in [2.45, 2.75) is 19.3 Å². The maximum absolute atomic E-state index is 13.6. The van der Waals surface area contributed by atoms with Crippen molar-refractivity contribution in [3.8, 4) is 0 Å². The molecule has 0 amide bonds. The minimum atomic E-state index is -2.63. The van der Waals surface area contributed by atoms with Gasteiger partial charge in [-0.3, -0.25) is 4.98 Å². The number of rotatable bonds is 2. The van der Waals surface area contributed by atoms with E-state index in [2.05, 4.69) is 4.98 Å². The van der Waals surface area contributed by atoms with E-state index >= 15 is 0 Å². The molecule has 0 spiro atoms. The standard InChI is InChI=1S/C12H12FNO2S/c13-11-6-3-7-14-12(11)9-4-1-2-5-10(8-9)17(15)16/h3,5-8,17H,1-2,4H2. The summed E-state index contributed by atoms with van der Waals surface area (Å²) in [5.41, 5.74) is 0.892. The van der Waals surface area contributed by atoms with Crippen molar-refractivity contribution < 1.29 is 12.8 Å². The van der Waals surface area contributed by atoms with E-state index in [-0.39, 0.29) is 10.6 Å². The van der Waals surface area contributed by atoms with Crippen LogP contribution in [0, 0.1) is 5.82 Å². The van der Waals surface area contributed by atoms with Gasteiger partial charge in [-0.25, -0.2) is 12.8 Å². The summed E-state index contributed by atoms with van der Waals surface area (Å²) < 4.78 is 35.5.